The zero-order valence-corrected chi connectivity index (χ0v) is 15.5. The summed E-state index contributed by atoms with van der Waals surface area (Å²) in [7, 11) is 0. The van der Waals surface area contributed by atoms with Crippen molar-refractivity contribution in [3.63, 3.8) is 0 Å². The van der Waals surface area contributed by atoms with Gasteiger partial charge in [-0.25, -0.2) is 4.79 Å². The minimum Gasteiger partial charge on any atom is -0.479 e. The maximum atomic E-state index is 12.1. The van der Waals surface area contributed by atoms with Gasteiger partial charge in [0.15, 0.2) is 11.4 Å². The van der Waals surface area contributed by atoms with E-state index in [1.54, 1.807) is 12.2 Å². The summed E-state index contributed by atoms with van der Waals surface area (Å²) in [5.74, 6) is -1.02. The van der Waals surface area contributed by atoms with Crippen molar-refractivity contribution >= 4 is 11.8 Å². The molecule has 5 heteroatoms. The van der Waals surface area contributed by atoms with Gasteiger partial charge >= 0.3 is 5.97 Å². The Morgan fingerprint density at radius 1 is 1.31 bits per heavy atom. The number of aliphatic carboxylic acids is 1. The Kier molecular flexibility index (Phi) is 2.89. The molecule has 26 heavy (non-hydrogen) atoms. The number of carbonyl (C=O) groups is 2. The highest BCUT2D eigenvalue weighted by Gasteiger charge is 2.82. The number of ether oxygens (including phenoxy) is 1. The number of hydrogen-bond acceptors (Lipinski definition) is 4. The molecule has 0 aromatic heterocycles. The molecule has 0 aromatic carbocycles. The van der Waals surface area contributed by atoms with Gasteiger partial charge in [-0.2, -0.15) is 0 Å². The van der Waals surface area contributed by atoms with Crippen LogP contribution in [0.25, 0.3) is 0 Å². The van der Waals surface area contributed by atoms with Crippen LogP contribution in [0.5, 0.6) is 0 Å². The molecular weight excluding hydrogens is 332 g/mol. The number of carboxylic acid groups (broad SMARTS) is 1. The van der Waals surface area contributed by atoms with Gasteiger partial charge < -0.3 is 14.9 Å². The minimum atomic E-state index is -1.70. The van der Waals surface area contributed by atoms with E-state index < -0.39 is 17.0 Å². The Bertz CT molecular complexity index is 798. The van der Waals surface area contributed by atoms with Crippen LogP contribution < -0.4 is 0 Å². The standard InChI is InChI=1S/C21H26O5/c1-11-8-15-14-5-4-12-9-13(22)6-7-18(12,2)21(14)16(26-21)10-19(15,3)20(11,25)17(23)24/h6-7,9,11,14-16,25H,4-5,8,10H2,1-3H3,(H,23,24)/t11-,14?,15?,16-,18?,19?,20+,21-/m1/s1. The number of ketones is 1. The number of epoxide rings is 1. The van der Waals surface area contributed by atoms with Crippen LogP contribution in [0, 0.1) is 28.6 Å². The molecule has 0 aromatic rings. The summed E-state index contributed by atoms with van der Waals surface area (Å²) in [5.41, 5.74) is -1.89. The zero-order valence-electron chi connectivity index (χ0n) is 15.5. The number of carboxylic acids is 1. The molecule has 5 rings (SSSR count). The number of aliphatic hydroxyl groups is 1. The maximum absolute atomic E-state index is 12.1. The predicted octanol–water partition coefficient (Wildman–Crippen LogP) is 2.49. The van der Waals surface area contributed by atoms with Gasteiger partial charge in [-0.1, -0.05) is 25.5 Å². The van der Waals surface area contributed by atoms with Gasteiger partial charge in [0, 0.05) is 10.8 Å². The lowest BCUT2D eigenvalue weighted by molar-refractivity contribution is -0.183. The van der Waals surface area contributed by atoms with E-state index in [0.29, 0.717) is 12.8 Å². The van der Waals surface area contributed by atoms with Crippen molar-refractivity contribution in [3.05, 3.63) is 23.8 Å². The molecule has 8 atom stereocenters. The maximum Gasteiger partial charge on any atom is 0.336 e. The van der Waals surface area contributed by atoms with Crippen LogP contribution in [0.1, 0.15) is 46.5 Å². The summed E-state index contributed by atoms with van der Waals surface area (Å²) in [6.07, 6.45) is 8.37. The minimum absolute atomic E-state index is 0.0416. The number of rotatable bonds is 1. The topological polar surface area (TPSA) is 87.1 Å². The Hall–Kier alpha value is -1.46. The van der Waals surface area contributed by atoms with Crippen molar-refractivity contribution in [1.82, 2.24) is 0 Å². The van der Waals surface area contributed by atoms with Gasteiger partial charge in [-0.05, 0) is 62.5 Å². The molecule has 0 radical (unpaired) electrons. The second kappa shape index (κ2) is 4.50. The second-order valence-electron chi connectivity index (χ2n) is 9.59. The first-order valence-electron chi connectivity index (χ1n) is 9.69. The molecule has 140 valence electrons. The van der Waals surface area contributed by atoms with Gasteiger partial charge in [0.05, 0.1) is 6.10 Å². The zero-order chi connectivity index (χ0) is 18.7. The number of carbonyl (C=O) groups excluding carboxylic acids is 1. The average Bonchev–Trinajstić information content (AvgIpc) is 3.25. The summed E-state index contributed by atoms with van der Waals surface area (Å²) in [6, 6.07) is 0. The third kappa shape index (κ3) is 1.50. The van der Waals surface area contributed by atoms with Crippen molar-refractivity contribution in [2.24, 2.45) is 28.6 Å². The van der Waals surface area contributed by atoms with Crippen LogP contribution >= 0.6 is 0 Å². The highest BCUT2D eigenvalue weighted by atomic mass is 16.6. The molecule has 3 saturated carbocycles. The van der Waals surface area contributed by atoms with Crippen molar-refractivity contribution in [3.8, 4) is 0 Å². The van der Waals surface area contributed by atoms with Crippen LogP contribution in [-0.2, 0) is 14.3 Å². The van der Waals surface area contributed by atoms with Crippen LogP contribution in [-0.4, -0.2) is 39.3 Å². The predicted molar refractivity (Wildman–Crippen MR) is 93.2 cm³/mol. The smallest absolute Gasteiger partial charge is 0.336 e. The molecule has 5 nitrogen and oxygen atoms in total. The first-order chi connectivity index (χ1) is 12.1. The number of allylic oxidation sites excluding steroid dienone is 2. The molecule has 0 amide bonds. The summed E-state index contributed by atoms with van der Waals surface area (Å²) in [6.45, 7) is 5.99. The number of fused-ring (bicyclic) bond motifs is 3. The number of hydrogen-bond donors (Lipinski definition) is 2. The fraction of sp³-hybridized carbons (Fsp3) is 0.714. The molecule has 1 spiro atoms. The lowest BCUT2D eigenvalue weighted by Gasteiger charge is -2.55. The summed E-state index contributed by atoms with van der Waals surface area (Å²) < 4.78 is 6.38. The van der Waals surface area contributed by atoms with Gasteiger partial charge in [0.2, 0.25) is 0 Å². The van der Waals surface area contributed by atoms with Crippen molar-refractivity contribution in [2.45, 2.75) is 63.8 Å². The van der Waals surface area contributed by atoms with Gasteiger partial charge in [0.1, 0.15) is 5.60 Å². The Balaban J connectivity index is 1.62. The molecule has 4 fully saturated rings. The lowest BCUT2D eigenvalue weighted by Crippen LogP contribution is -2.61. The molecule has 4 aliphatic carbocycles. The molecule has 1 aliphatic heterocycles. The quantitative estimate of drug-likeness (QED) is 0.703. The van der Waals surface area contributed by atoms with E-state index in [1.807, 2.05) is 19.9 Å². The van der Waals surface area contributed by atoms with E-state index in [4.69, 9.17) is 4.74 Å². The van der Waals surface area contributed by atoms with E-state index in [2.05, 4.69) is 6.92 Å². The highest BCUT2D eigenvalue weighted by Crippen LogP contribution is 2.76. The van der Waals surface area contributed by atoms with Crippen LogP contribution in [0.15, 0.2) is 23.8 Å². The van der Waals surface area contributed by atoms with Gasteiger partial charge in [-0.15, -0.1) is 0 Å². The average molecular weight is 358 g/mol. The van der Waals surface area contributed by atoms with E-state index in [0.717, 1.165) is 18.4 Å². The van der Waals surface area contributed by atoms with E-state index >= 15 is 0 Å². The third-order valence-electron chi connectivity index (χ3n) is 8.84. The van der Waals surface area contributed by atoms with Gasteiger partial charge in [-0.3, -0.25) is 4.79 Å². The fourth-order valence-corrected chi connectivity index (χ4v) is 7.44. The van der Waals surface area contributed by atoms with Crippen molar-refractivity contribution < 1.29 is 24.5 Å². The Morgan fingerprint density at radius 3 is 2.73 bits per heavy atom. The van der Waals surface area contributed by atoms with Crippen LogP contribution in [0.4, 0.5) is 0 Å². The van der Waals surface area contributed by atoms with Gasteiger partial charge in [0.25, 0.3) is 0 Å². The lowest BCUT2D eigenvalue weighted by atomic mass is 9.47. The second-order valence-corrected chi connectivity index (χ2v) is 9.59. The van der Waals surface area contributed by atoms with E-state index in [9.17, 15) is 19.8 Å². The fourth-order valence-electron chi connectivity index (χ4n) is 7.44. The molecular formula is C21H26O5. The first kappa shape index (κ1) is 16.7. The molecule has 5 aliphatic rings. The monoisotopic (exact) mass is 358 g/mol. The highest BCUT2D eigenvalue weighted by molar-refractivity contribution is 6.01. The molecule has 4 unspecified atom stereocenters. The Labute approximate surface area is 153 Å². The molecule has 1 saturated heterocycles. The van der Waals surface area contributed by atoms with Crippen LogP contribution in [0.3, 0.4) is 0 Å². The molecule has 2 N–H and O–H groups in total. The SMILES string of the molecule is C[C@@H]1CC2C3CCC4=CC(=O)C=CC4(C)[C@@]34O[C@@H]4CC2(C)[C@@]1(O)C(=O)O. The van der Waals surface area contributed by atoms with E-state index in [-0.39, 0.29) is 40.7 Å². The first-order valence-corrected chi connectivity index (χ1v) is 9.69. The molecule has 1 heterocycles. The summed E-state index contributed by atoms with van der Waals surface area (Å²) in [5, 5.41) is 21.1. The largest absolute Gasteiger partial charge is 0.479 e. The molecule has 0 bridgehead atoms. The third-order valence-corrected chi connectivity index (χ3v) is 8.84. The summed E-state index contributed by atoms with van der Waals surface area (Å²) in [4.78, 5) is 23.9. The Morgan fingerprint density at radius 2 is 2.04 bits per heavy atom. The van der Waals surface area contributed by atoms with E-state index in [1.165, 1.54) is 0 Å². The normalized spacial score (nSPS) is 56.8. The van der Waals surface area contributed by atoms with Crippen LogP contribution in [0.2, 0.25) is 0 Å². The van der Waals surface area contributed by atoms with Crippen molar-refractivity contribution in [2.75, 3.05) is 0 Å². The van der Waals surface area contributed by atoms with Crippen molar-refractivity contribution in [1.29, 1.82) is 0 Å². The summed E-state index contributed by atoms with van der Waals surface area (Å²) >= 11 is 0.